The number of rotatable bonds is 6. The Kier molecular flexibility index (Phi) is 7.61. The molecule has 1 aromatic rings. The summed E-state index contributed by atoms with van der Waals surface area (Å²) in [5.41, 5.74) is 1.04. The summed E-state index contributed by atoms with van der Waals surface area (Å²) in [7, 11) is 0. The van der Waals surface area contributed by atoms with Crippen molar-refractivity contribution in [1.82, 2.24) is 9.80 Å². The Labute approximate surface area is 186 Å². The largest absolute Gasteiger partial charge is 0.474 e. The van der Waals surface area contributed by atoms with Gasteiger partial charge in [-0.2, -0.15) is 0 Å². The molecule has 0 N–H and O–H groups in total. The summed E-state index contributed by atoms with van der Waals surface area (Å²) in [6, 6.07) is 8.72. The molecule has 0 radical (unpaired) electrons. The highest BCUT2D eigenvalue weighted by Gasteiger charge is 2.27. The number of amides is 1. The van der Waals surface area contributed by atoms with E-state index in [-0.39, 0.29) is 5.60 Å². The zero-order valence-corrected chi connectivity index (χ0v) is 19.8. The van der Waals surface area contributed by atoms with Gasteiger partial charge in [-0.05, 0) is 76.6 Å². The minimum atomic E-state index is -0.219. The van der Waals surface area contributed by atoms with Gasteiger partial charge in [-0.25, -0.2) is 0 Å². The van der Waals surface area contributed by atoms with Gasteiger partial charge >= 0.3 is 0 Å². The first-order chi connectivity index (χ1) is 14.2. The van der Waals surface area contributed by atoms with Crippen molar-refractivity contribution in [3.8, 4) is 0 Å². The van der Waals surface area contributed by atoms with Crippen molar-refractivity contribution in [3.63, 3.8) is 0 Å². The van der Waals surface area contributed by atoms with Crippen molar-refractivity contribution >= 4 is 23.4 Å². The minimum Gasteiger partial charge on any atom is -0.474 e. The van der Waals surface area contributed by atoms with Crippen molar-refractivity contribution in [2.24, 2.45) is 5.92 Å². The van der Waals surface area contributed by atoms with Crippen LogP contribution in [0.5, 0.6) is 0 Å². The van der Waals surface area contributed by atoms with Crippen molar-refractivity contribution < 1.29 is 9.53 Å². The maximum atomic E-state index is 12.8. The highest BCUT2D eigenvalue weighted by atomic mass is 32.2. The lowest BCUT2D eigenvalue weighted by Crippen LogP contribution is -2.49. The molecule has 5 nitrogen and oxygen atoms in total. The maximum absolute atomic E-state index is 12.8. The summed E-state index contributed by atoms with van der Waals surface area (Å²) in [5, 5.41) is 0. The molecule has 1 amide bonds. The second kappa shape index (κ2) is 9.99. The van der Waals surface area contributed by atoms with Gasteiger partial charge in [0.25, 0.3) is 0 Å². The number of anilines is 1. The van der Waals surface area contributed by atoms with Crippen molar-refractivity contribution in [3.05, 3.63) is 36.7 Å². The highest BCUT2D eigenvalue weighted by Crippen LogP contribution is 2.26. The lowest BCUT2D eigenvalue weighted by molar-refractivity contribution is -0.132. The molecule has 2 aliphatic rings. The number of carbonyl (C=O) groups excluding carboxylic acids is 1. The Morgan fingerprint density at radius 1 is 1.03 bits per heavy atom. The fourth-order valence-corrected chi connectivity index (χ4v) is 4.60. The van der Waals surface area contributed by atoms with E-state index in [4.69, 9.17) is 4.74 Å². The van der Waals surface area contributed by atoms with Crippen LogP contribution in [0.2, 0.25) is 0 Å². The first kappa shape index (κ1) is 22.9. The number of likely N-dealkylation sites (tertiary alicyclic amines) is 1. The number of carbonyl (C=O) groups is 1. The number of thioether (sulfide) groups is 1. The Balaban J connectivity index is 1.40. The second-order valence-electron chi connectivity index (χ2n) is 9.31. The molecule has 2 heterocycles. The predicted octanol–water partition coefficient (Wildman–Crippen LogP) is 4.45. The van der Waals surface area contributed by atoms with E-state index < -0.39 is 0 Å². The van der Waals surface area contributed by atoms with Crippen LogP contribution in [0.25, 0.3) is 0 Å². The lowest BCUT2D eigenvalue weighted by Gasteiger charge is -2.38. The van der Waals surface area contributed by atoms with E-state index in [1.165, 1.54) is 10.6 Å². The van der Waals surface area contributed by atoms with Gasteiger partial charge in [0.1, 0.15) is 5.60 Å². The summed E-state index contributed by atoms with van der Waals surface area (Å²) >= 11 is 1.76. The van der Waals surface area contributed by atoms with Crippen LogP contribution in [0, 0.1) is 5.92 Å². The molecule has 166 valence electrons. The third kappa shape index (κ3) is 6.34. The molecule has 0 aromatic heterocycles. The fourth-order valence-electron chi connectivity index (χ4n) is 4.19. The number of nitrogens with zero attached hydrogens (tertiary/aromatic N) is 3. The Morgan fingerprint density at radius 2 is 1.63 bits per heavy atom. The van der Waals surface area contributed by atoms with Crippen LogP contribution in [0.15, 0.2) is 41.6 Å². The standard InChI is InChI=1S/C24H37N3O2S/c1-19(29-24(2,3)4)25-12-10-20(11-13-25)18-23(28)27-16-14-26(15-17-27)21-6-8-22(30-5)9-7-21/h6-9,20H,1,10-18H2,2-5H3. The van der Waals surface area contributed by atoms with Gasteiger partial charge in [-0.15, -0.1) is 11.8 Å². The zero-order chi connectivity index (χ0) is 21.7. The van der Waals surface area contributed by atoms with Crippen LogP contribution in [-0.2, 0) is 9.53 Å². The van der Waals surface area contributed by atoms with E-state index in [1.807, 2.05) is 20.8 Å². The Hall–Kier alpha value is -1.82. The van der Waals surface area contributed by atoms with Gasteiger partial charge in [-0.3, -0.25) is 4.79 Å². The summed E-state index contributed by atoms with van der Waals surface area (Å²) in [5.74, 6) is 1.54. The molecule has 1 aromatic carbocycles. The summed E-state index contributed by atoms with van der Waals surface area (Å²) in [4.78, 5) is 20.8. The molecule has 0 bridgehead atoms. The molecule has 0 saturated carbocycles. The number of piperazine rings is 1. The molecule has 2 saturated heterocycles. The van der Waals surface area contributed by atoms with Crippen LogP contribution in [0.3, 0.4) is 0 Å². The highest BCUT2D eigenvalue weighted by molar-refractivity contribution is 7.98. The molecule has 2 fully saturated rings. The summed E-state index contributed by atoms with van der Waals surface area (Å²) in [6.07, 6.45) is 4.82. The maximum Gasteiger partial charge on any atom is 0.222 e. The third-order valence-corrected chi connectivity index (χ3v) is 6.67. The van der Waals surface area contributed by atoms with Crippen molar-refractivity contribution in [1.29, 1.82) is 0 Å². The number of ether oxygens (including phenoxy) is 1. The molecule has 0 unspecified atom stereocenters. The third-order valence-electron chi connectivity index (χ3n) is 5.92. The molecule has 0 atom stereocenters. The number of benzene rings is 1. The fraction of sp³-hybridized carbons (Fsp3) is 0.625. The van der Waals surface area contributed by atoms with E-state index in [1.54, 1.807) is 11.8 Å². The van der Waals surface area contributed by atoms with E-state index in [0.717, 1.165) is 58.0 Å². The van der Waals surface area contributed by atoms with Crippen LogP contribution in [0.1, 0.15) is 40.0 Å². The molecule has 3 rings (SSSR count). The van der Waals surface area contributed by atoms with Gasteiger partial charge in [0.05, 0.1) is 0 Å². The Morgan fingerprint density at radius 3 is 2.17 bits per heavy atom. The SMILES string of the molecule is C=C(OC(C)(C)C)N1CCC(CC(=O)N2CCN(c3ccc(SC)cc3)CC2)CC1. The van der Waals surface area contributed by atoms with Gasteiger partial charge in [0.15, 0.2) is 5.88 Å². The van der Waals surface area contributed by atoms with E-state index >= 15 is 0 Å². The topological polar surface area (TPSA) is 36.0 Å². The normalized spacial score (nSPS) is 18.5. The smallest absolute Gasteiger partial charge is 0.222 e. The van der Waals surface area contributed by atoms with E-state index in [9.17, 15) is 4.79 Å². The van der Waals surface area contributed by atoms with E-state index in [2.05, 4.69) is 51.8 Å². The molecule has 0 aliphatic carbocycles. The van der Waals surface area contributed by atoms with Crippen LogP contribution < -0.4 is 4.90 Å². The first-order valence-electron chi connectivity index (χ1n) is 11.0. The Bertz CT molecular complexity index is 713. The molecular formula is C24H37N3O2S. The summed E-state index contributed by atoms with van der Waals surface area (Å²) in [6.45, 7) is 15.5. The van der Waals surface area contributed by atoms with E-state index in [0.29, 0.717) is 18.2 Å². The van der Waals surface area contributed by atoms with Gasteiger partial charge in [0, 0.05) is 56.3 Å². The van der Waals surface area contributed by atoms with Gasteiger partial charge in [0.2, 0.25) is 5.91 Å². The zero-order valence-electron chi connectivity index (χ0n) is 19.0. The second-order valence-corrected chi connectivity index (χ2v) is 10.2. The number of piperidine rings is 1. The van der Waals surface area contributed by atoms with Crippen molar-refractivity contribution in [2.45, 2.75) is 50.5 Å². The van der Waals surface area contributed by atoms with Crippen LogP contribution in [0.4, 0.5) is 5.69 Å². The first-order valence-corrected chi connectivity index (χ1v) is 12.3. The molecule has 6 heteroatoms. The molecular weight excluding hydrogens is 394 g/mol. The average molecular weight is 432 g/mol. The predicted molar refractivity (Wildman–Crippen MR) is 126 cm³/mol. The molecule has 30 heavy (non-hydrogen) atoms. The minimum absolute atomic E-state index is 0.219. The average Bonchev–Trinajstić information content (AvgIpc) is 2.73. The van der Waals surface area contributed by atoms with Crippen molar-refractivity contribution in [2.75, 3.05) is 50.4 Å². The van der Waals surface area contributed by atoms with Gasteiger partial charge < -0.3 is 19.4 Å². The number of hydrogen-bond donors (Lipinski definition) is 0. The van der Waals surface area contributed by atoms with Gasteiger partial charge in [-0.1, -0.05) is 0 Å². The van der Waals surface area contributed by atoms with Crippen LogP contribution in [-0.4, -0.2) is 66.8 Å². The quantitative estimate of drug-likeness (QED) is 0.491. The monoisotopic (exact) mass is 431 g/mol. The number of hydrogen-bond acceptors (Lipinski definition) is 5. The van der Waals surface area contributed by atoms with Crippen LogP contribution >= 0.6 is 11.8 Å². The molecule has 2 aliphatic heterocycles. The molecule has 0 spiro atoms. The lowest BCUT2D eigenvalue weighted by atomic mass is 9.93. The summed E-state index contributed by atoms with van der Waals surface area (Å²) < 4.78 is 5.90.